The Hall–Kier alpha value is -2.10. The molecule has 0 bridgehead atoms. The molecule has 1 heterocycles. The van der Waals surface area contributed by atoms with Gasteiger partial charge in [-0.3, -0.25) is 9.79 Å². The first-order valence-electron chi connectivity index (χ1n) is 8.93. The van der Waals surface area contributed by atoms with Crippen LogP contribution in [0.2, 0.25) is 0 Å². The molecule has 0 amide bonds. The van der Waals surface area contributed by atoms with E-state index in [1.807, 2.05) is 25.1 Å². The van der Waals surface area contributed by atoms with Gasteiger partial charge in [-0.05, 0) is 37.8 Å². The molecule has 24 heavy (non-hydrogen) atoms. The zero-order chi connectivity index (χ0) is 17.7. The Bertz CT molecular complexity index is 786. The highest BCUT2D eigenvalue weighted by Crippen LogP contribution is 2.28. The predicted octanol–water partition coefficient (Wildman–Crippen LogP) is 4.42. The summed E-state index contributed by atoms with van der Waals surface area (Å²) >= 11 is 0. The van der Waals surface area contributed by atoms with Gasteiger partial charge in [-0.15, -0.1) is 0 Å². The lowest BCUT2D eigenvalue weighted by atomic mass is 10.1. The summed E-state index contributed by atoms with van der Waals surface area (Å²) in [5.41, 5.74) is 1.97. The predicted molar refractivity (Wildman–Crippen MR) is 101 cm³/mol. The summed E-state index contributed by atoms with van der Waals surface area (Å²) in [5.74, 6) is 0.0427. The van der Waals surface area contributed by atoms with Crippen molar-refractivity contribution in [2.45, 2.75) is 66.0 Å². The Morgan fingerprint density at radius 2 is 1.96 bits per heavy atom. The van der Waals surface area contributed by atoms with Crippen LogP contribution in [0, 0.1) is 6.92 Å². The molecule has 2 rings (SSSR count). The highest BCUT2D eigenvalue weighted by atomic mass is 16.3. The third-order valence-electron chi connectivity index (χ3n) is 4.59. The van der Waals surface area contributed by atoms with E-state index >= 15 is 0 Å². The van der Waals surface area contributed by atoms with Gasteiger partial charge in [-0.1, -0.05) is 39.3 Å². The van der Waals surface area contributed by atoms with Gasteiger partial charge in [-0.25, -0.2) is 0 Å². The molecule has 0 radical (unpaired) electrons. The van der Waals surface area contributed by atoms with Crippen LogP contribution in [0.1, 0.15) is 57.6 Å². The van der Waals surface area contributed by atoms with Gasteiger partial charge in [-0.2, -0.15) is 0 Å². The van der Waals surface area contributed by atoms with Crippen molar-refractivity contribution < 1.29 is 5.11 Å². The average Bonchev–Trinajstić information content (AvgIpc) is 2.58. The molecule has 0 aliphatic carbocycles. The van der Waals surface area contributed by atoms with E-state index in [4.69, 9.17) is 0 Å². The van der Waals surface area contributed by atoms with Crippen molar-refractivity contribution in [2.24, 2.45) is 4.99 Å². The van der Waals surface area contributed by atoms with Crippen molar-refractivity contribution >= 4 is 17.1 Å². The van der Waals surface area contributed by atoms with Gasteiger partial charge in [0.2, 0.25) is 0 Å². The number of fused-ring (bicyclic) bond motifs is 1. The highest BCUT2D eigenvalue weighted by molar-refractivity contribution is 5.96. The Morgan fingerprint density at radius 3 is 2.58 bits per heavy atom. The number of pyridine rings is 1. The number of aromatic hydroxyl groups is 1. The Morgan fingerprint density at radius 1 is 1.25 bits per heavy atom. The molecule has 2 aromatic rings. The second-order valence-corrected chi connectivity index (χ2v) is 6.29. The smallest absolute Gasteiger partial charge is 0.263 e. The molecule has 0 atom stereocenters. The van der Waals surface area contributed by atoms with E-state index in [2.05, 4.69) is 25.8 Å². The maximum atomic E-state index is 13.0. The van der Waals surface area contributed by atoms with Crippen LogP contribution in [0.15, 0.2) is 28.0 Å². The van der Waals surface area contributed by atoms with Crippen molar-refractivity contribution in [2.75, 3.05) is 0 Å². The molecule has 0 saturated carbocycles. The molecule has 0 aliphatic rings. The van der Waals surface area contributed by atoms with E-state index in [0.717, 1.165) is 42.1 Å². The van der Waals surface area contributed by atoms with Gasteiger partial charge in [0.15, 0.2) is 0 Å². The quantitative estimate of drug-likeness (QED) is 0.765. The number of hydrogen-bond acceptors (Lipinski definition) is 3. The van der Waals surface area contributed by atoms with Crippen molar-refractivity contribution in [1.29, 1.82) is 0 Å². The van der Waals surface area contributed by atoms with Gasteiger partial charge >= 0.3 is 0 Å². The number of aryl methyl sites for hydroxylation is 2. The van der Waals surface area contributed by atoms with Gasteiger partial charge in [0, 0.05) is 24.2 Å². The lowest BCUT2D eigenvalue weighted by molar-refractivity contribution is 0.477. The minimum absolute atomic E-state index is 0.0427. The summed E-state index contributed by atoms with van der Waals surface area (Å²) in [6, 6.07) is 5.94. The molecule has 0 unspecified atom stereocenters. The van der Waals surface area contributed by atoms with E-state index < -0.39 is 0 Å². The standard InChI is InChI=1S/C20H28N2O2/c1-5-8-12-22-18-14(4)10-9-11-16(18)19(23)17(20(22)24)13-21-15(6-2)7-3/h9-11,13,15,23H,5-8,12H2,1-4H3. The van der Waals surface area contributed by atoms with Crippen molar-refractivity contribution in [3.8, 4) is 5.75 Å². The average molecular weight is 328 g/mol. The maximum Gasteiger partial charge on any atom is 0.263 e. The van der Waals surface area contributed by atoms with Crippen molar-refractivity contribution in [1.82, 2.24) is 4.57 Å². The van der Waals surface area contributed by atoms with E-state index in [1.165, 1.54) is 0 Å². The summed E-state index contributed by atoms with van der Waals surface area (Å²) in [5, 5.41) is 11.4. The molecule has 0 aliphatic heterocycles. The second kappa shape index (κ2) is 8.13. The minimum Gasteiger partial charge on any atom is -0.506 e. The number of nitrogens with zero attached hydrogens (tertiary/aromatic N) is 2. The van der Waals surface area contributed by atoms with Crippen molar-refractivity contribution in [3.05, 3.63) is 39.7 Å². The third kappa shape index (κ3) is 3.53. The fraction of sp³-hybridized carbons (Fsp3) is 0.500. The molecule has 4 nitrogen and oxygen atoms in total. The summed E-state index contributed by atoms with van der Waals surface area (Å²) in [6.45, 7) is 8.89. The minimum atomic E-state index is -0.155. The lowest BCUT2D eigenvalue weighted by Gasteiger charge is -2.15. The van der Waals surface area contributed by atoms with Gasteiger partial charge in [0.1, 0.15) is 11.3 Å². The molecular weight excluding hydrogens is 300 g/mol. The SMILES string of the molecule is CCCCn1c(=O)c(C=NC(CC)CC)c(O)c2cccc(C)c21. The molecule has 1 aromatic heterocycles. The Balaban J connectivity index is 2.70. The Labute approximate surface area is 143 Å². The number of rotatable bonds is 7. The highest BCUT2D eigenvalue weighted by Gasteiger charge is 2.16. The molecule has 0 spiro atoms. The van der Waals surface area contributed by atoms with Crippen LogP contribution in [0.5, 0.6) is 5.75 Å². The first-order chi connectivity index (χ1) is 11.5. The van der Waals surface area contributed by atoms with E-state index in [1.54, 1.807) is 10.8 Å². The van der Waals surface area contributed by atoms with E-state index in [9.17, 15) is 9.90 Å². The van der Waals surface area contributed by atoms with Crippen LogP contribution in [0.4, 0.5) is 0 Å². The fourth-order valence-corrected chi connectivity index (χ4v) is 3.03. The van der Waals surface area contributed by atoms with Crippen LogP contribution in [0.3, 0.4) is 0 Å². The number of aliphatic imine (C=N–C) groups is 1. The van der Waals surface area contributed by atoms with Crippen molar-refractivity contribution in [3.63, 3.8) is 0 Å². The topological polar surface area (TPSA) is 54.6 Å². The monoisotopic (exact) mass is 328 g/mol. The zero-order valence-electron chi connectivity index (χ0n) is 15.2. The number of benzene rings is 1. The van der Waals surface area contributed by atoms with Gasteiger partial charge < -0.3 is 9.67 Å². The molecule has 0 fully saturated rings. The fourth-order valence-electron chi connectivity index (χ4n) is 3.03. The maximum absolute atomic E-state index is 13.0. The first-order valence-corrected chi connectivity index (χ1v) is 8.93. The molecular formula is C20H28N2O2. The van der Waals surface area contributed by atoms with Gasteiger partial charge in [0.25, 0.3) is 5.56 Å². The van der Waals surface area contributed by atoms with Crippen LogP contribution in [0.25, 0.3) is 10.9 Å². The zero-order valence-corrected chi connectivity index (χ0v) is 15.2. The molecule has 4 heteroatoms. The summed E-state index contributed by atoms with van der Waals surface area (Å²) in [7, 11) is 0. The van der Waals surface area contributed by atoms with Crippen LogP contribution in [-0.4, -0.2) is 21.9 Å². The normalized spacial score (nSPS) is 11.9. The molecule has 130 valence electrons. The van der Waals surface area contributed by atoms with E-state index in [-0.39, 0.29) is 17.4 Å². The van der Waals surface area contributed by atoms with Crippen LogP contribution < -0.4 is 5.56 Å². The molecule has 0 saturated heterocycles. The van der Waals surface area contributed by atoms with Crippen LogP contribution >= 0.6 is 0 Å². The molecule has 1 N–H and O–H groups in total. The van der Waals surface area contributed by atoms with E-state index in [0.29, 0.717) is 12.1 Å². The number of unbranched alkanes of at least 4 members (excludes halogenated alkanes) is 1. The summed E-state index contributed by atoms with van der Waals surface area (Å²) < 4.78 is 1.79. The number of aromatic nitrogens is 1. The molecule has 1 aromatic carbocycles. The summed E-state index contributed by atoms with van der Waals surface area (Å²) in [4.78, 5) is 17.5. The first kappa shape index (κ1) is 18.2. The Kier molecular flexibility index (Phi) is 6.18. The van der Waals surface area contributed by atoms with Crippen LogP contribution in [-0.2, 0) is 6.54 Å². The summed E-state index contributed by atoms with van der Waals surface area (Å²) in [6.07, 6.45) is 5.35. The van der Waals surface area contributed by atoms with Gasteiger partial charge in [0.05, 0.1) is 5.52 Å². The number of para-hydroxylation sites is 1. The largest absolute Gasteiger partial charge is 0.506 e. The number of hydrogen-bond donors (Lipinski definition) is 1. The second-order valence-electron chi connectivity index (χ2n) is 6.29. The lowest BCUT2D eigenvalue weighted by Crippen LogP contribution is -2.25. The third-order valence-corrected chi connectivity index (χ3v) is 4.59.